The second-order valence-electron chi connectivity index (χ2n) is 5.40. The van der Waals surface area contributed by atoms with Crippen molar-refractivity contribution in [2.45, 2.75) is 38.6 Å². The molecule has 3 nitrogen and oxygen atoms in total. The molecule has 1 heterocycles. The summed E-state index contributed by atoms with van der Waals surface area (Å²) in [4.78, 5) is 0. The summed E-state index contributed by atoms with van der Waals surface area (Å²) < 4.78 is 1.94. The van der Waals surface area contributed by atoms with E-state index in [1.165, 1.54) is 48.2 Å². The SMILES string of the molecule is CC(Nc1cccc2c1CCCC2)c1ccnn1C. The van der Waals surface area contributed by atoms with E-state index < -0.39 is 0 Å². The lowest BCUT2D eigenvalue weighted by Gasteiger charge is -2.23. The Balaban J connectivity index is 1.86. The van der Waals surface area contributed by atoms with E-state index >= 15 is 0 Å². The van der Waals surface area contributed by atoms with Gasteiger partial charge in [0.05, 0.1) is 11.7 Å². The van der Waals surface area contributed by atoms with Gasteiger partial charge in [0, 0.05) is 18.9 Å². The molecule has 1 aromatic heterocycles. The molecule has 3 rings (SSSR count). The lowest BCUT2D eigenvalue weighted by atomic mass is 9.90. The molecule has 2 aromatic rings. The minimum Gasteiger partial charge on any atom is -0.377 e. The molecular formula is C16H21N3. The Kier molecular flexibility index (Phi) is 3.28. The zero-order chi connectivity index (χ0) is 13.2. The third-order valence-corrected chi connectivity index (χ3v) is 4.07. The van der Waals surface area contributed by atoms with Crippen LogP contribution in [0.25, 0.3) is 0 Å². The Morgan fingerprint density at radius 3 is 2.84 bits per heavy atom. The highest BCUT2D eigenvalue weighted by atomic mass is 15.3. The fraction of sp³-hybridized carbons (Fsp3) is 0.438. The van der Waals surface area contributed by atoms with Crippen LogP contribution in [-0.4, -0.2) is 9.78 Å². The molecule has 3 heteroatoms. The maximum atomic E-state index is 4.24. The van der Waals surface area contributed by atoms with Gasteiger partial charge in [0.25, 0.3) is 0 Å². The summed E-state index contributed by atoms with van der Waals surface area (Å²) in [5.74, 6) is 0. The minimum absolute atomic E-state index is 0.279. The maximum absolute atomic E-state index is 4.24. The first-order chi connectivity index (χ1) is 9.25. The molecule has 1 N–H and O–H groups in total. The Morgan fingerprint density at radius 1 is 1.21 bits per heavy atom. The lowest BCUT2D eigenvalue weighted by molar-refractivity contribution is 0.667. The van der Waals surface area contributed by atoms with E-state index in [0.717, 1.165) is 0 Å². The Hall–Kier alpha value is -1.77. The number of fused-ring (bicyclic) bond motifs is 1. The van der Waals surface area contributed by atoms with Gasteiger partial charge in [0.1, 0.15) is 0 Å². The van der Waals surface area contributed by atoms with Gasteiger partial charge in [-0.1, -0.05) is 12.1 Å². The molecular weight excluding hydrogens is 234 g/mol. The number of nitrogens with zero attached hydrogens (tertiary/aromatic N) is 2. The molecule has 0 radical (unpaired) electrons. The monoisotopic (exact) mass is 255 g/mol. The highest BCUT2D eigenvalue weighted by Gasteiger charge is 2.15. The van der Waals surface area contributed by atoms with Gasteiger partial charge in [0.2, 0.25) is 0 Å². The van der Waals surface area contributed by atoms with Crippen LogP contribution in [0.5, 0.6) is 0 Å². The number of aromatic nitrogens is 2. The standard InChI is InChI=1S/C16H21N3/c1-12(16-10-11-17-19(16)2)18-15-9-5-7-13-6-3-4-8-14(13)15/h5,7,9-12,18H,3-4,6,8H2,1-2H3. The second kappa shape index (κ2) is 5.08. The summed E-state index contributed by atoms with van der Waals surface area (Å²) in [6, 6.07) is 9.00. The van der Waals surface area contributed by atoms with Crippen molar-refractivity contribution in [1.29, 1.82) is 0 Å². The number of hydrogen-bond donors (Lipinski definition) is 1. The predicted octanol–water partition coefficient (Wildman–Crippen LogP) is 3.47. The van der Waals surface area contributed by atoms with Crippen molar-refractivity contribution in [2.24, 2.45) is 7.05 Å². The number of hydrogen-bond acceptors (Lipinski definition) is 2. The molecule has 0 saturated carbocycles. The molecule has 0 amide bonds. The maximum Gasteiger partial charge on any atom is 0.0654 e. The summed E-state index contributed by atoms with van der Waals surface area (Å²) in [7, 11) is 1.99. The van der Waals surface area contributed by atoms with Gasteiger partial charge >= 0.3 is 0 Å². The van der Waals surface area contributed by atoms with Crippen LogP contribution < -0.4 is 5.32 Å². The van der Waals surface area contributed by atoms with Crippen LogP contribution in [0.1, 0.15) is 42.6 Å². The van der Waals surface area contributed by atoms with Crippen LogP contribution >= 0.6 is 0 Å². The van der Waals surface area contributed by atoms with E-state index in [-0.39, 0.29) is 6.04 Å². The smallest absolute Gasteiger partial charge is 0.0654 e. The van der Waals surface area contributed by atoms with Crippen LogP contribution in [0, 0.1) is 0 Å². The van der Waals surface area contributed by atoms with Gasteiger partial charge in [-0.15, -0.1) is 0 Å². The Labute approximate surface area is 114 Å². The van der Waals surface area contributed by atoms with E-state index in [0.29, 0.717) is 0 Å². The van der Waals surface area contributed by atoms with Crippen molar-refractivity contribution >= 4 is 5.69 Å². The third-order valence-electron chi connectivity index (χ3n) is 4.07. The van der Waals surface area contributed by atoms with Crippen LogP contribution in [0.3, 0.4) is 0 Å². The molecule has 1 aromatic carbocycles. The van der Waals surface area contributed by atoms with Gasteiger partial charge in [-0.3, -0.25) is 4.68 Å². The summed E-state index contributed by atoms with van der Waals surface area (Å²) in [5, 5.41) is 7.90. The zero-order valence-corrected chi connectivity index (χ0v) is 11.7. The van der Waals surface area contributed by atoms with Crippen molar-refractivity contribution in [3.05, 3.63) is 47.3 Å². The van der Waals surface area contributed by atoms with E-state index in [4.69, 9.17) is 0 Å². The summed E-state index contributed by atoms with van der Waals surface area (Å²) in [6.07, 6.45) is 6.93. The predicted molar refractivity (Wildman–Crippen MR) is 78.3 cm³/mol. The van der Waals surface area contributed by atoms with Crippen molar-refractivity contribution in [3.63, 3.8) is 0 Å². The minimum atomic E-state index is 0.279. The largest absolute Gasteiger partial charge is 0.377 e. The van der Waals surface area contributed by atoms with Gasteiger partial charge in [-0.25, -0.2) is 0 Å². The first-order valence-electron chi connectivity index (χ1n) is 7.11. The summed E-state index contributed by atoms with van der Waals surface area (Å²) in [5.41, 5.74) is 5.55. The Bertz CT molecular complexity index is 571. The quantitative estimate of drug-likeness (QED) is 0.910. The first kappa shape index (κ1) is 12.3. The highest BCUT2D eigenvalue weighted by molar-refractivity contribution is 5.56. The fourth-order valence-corrected chi connectivity index (χ4v) is 3.03. The molecule has 0 spiro atoms. The van der Waals surface area contributed by atoms with Gasteiger partial charge in [-0.2, -0.15) is 5.10 Å². The molecule has 1 atom stereocenters. The number of aryl methyl sites for hydroxylation is 2. The van der Waals surface area contributed by atoms with Gasteiger partial charge in [-0.05, 0) is 55.9 Å². The van der Waals surface area contributed by atoms with Crippen molar-refractivity contribution in [1.82, 2.24) is 9.78 Å². The van der Waals surface area contributed by atoms with Crippen molar-refractivity contribution < 1.29 is 0 Å². The fourth-order valence-electron chi connectivity index (χ4n) is 3.03. The van der Waals surface area contributed by atoms with E-state index in [2.05, 4.69) is 41.6 Å². The molecule has 0 fully saturated rings. The summed E-state index contributed by atoms with van der Waals surface area (Å²) in [6.45, 7) is 2.19. The van der Waals surface area contributed by atoms with Crippen molar-refractivity contribution in [2.75, 3.05) is 5.32 Å². The topological polar surface area (TPSA) is 29.9 Å². The normalized spacial score (nSPS) is 15.9. The molecule has 0 bridgehead atoms. The van der Waals surface area contributed by atoms with E-state index in [1.54, 1.807) is 0 Å². The number of benzene rings is 1. The first-order valence-corrected chi connectivity index (χ1v) is 7.11. The highest BCUT2D eigenvalue weighted by Crippen LogP contribution is 2.30. The van der Waals surface area contributed by atoms with Crippen LogP contribution in [0.15, 0.2) is 30.5 Å². The Morgan fingerprint density at radius 2 is 2.05 bits per heavy atom. The third kappa shape index (κ3) is 2.37. The molecule has 0 aliphatic heterocycles. The average Bonchev–Trinajstić information content (AvgIpc) is 2.85. The van der Waals surface area contributed by atoms with Crippen LogP contribution in [0.2, 0.25) is 0 Å². The van der Waals surface area contributed by atoms with E-state index in [1.807, 2.05) is 17.9 Å². The van der Waals surface area contributed by atoms with Gasteiger partial charge in [0.15, 0.2) is 0 Å². The molecule has 100 valence electrons. The van der Waals surface area contributed by atoms with Gasteiger partial charge < -0.3 is 5.32 Å². The molecule has 0 saturated heterocycles. The number of nitrogens with one attached hydrogen (secondary N) is 1. The zero-order valence-electron chi connectivity index (χ0n) is 11.7. The van der Waals surface area contributed by atoms with Crippen molar-refractivity contribution in [3.8, 4) is 0 Å². The van der Waals surface area contributed by atoms with Crippen LogP contribution in [-0.2, 0) is 19.9 Å². The average molecular weight is 255 g/mol. The number of anilines is 1. The summed E-state index contributed by atoms with van der Waals surface area (Å²) >= 11 is 0. The molecule has 1 unspecified atom stereocenters. The molecule has 1 aliphatic carbocycles. The second-order valence-corrected chi connectivity index (χ2v) is 5.40. The lowest BCUT2D eigenvalue weighted by Crippen LogP contribution is -2.14. The van der Waals surface area contributed by atoms with E-state index in [9.17, 15) is 0 Å². The molecule has 1 aliphatic rings. The molecule has 19 heavy (non-hydrogen) atoms. The number of rotatable bonds is 3. The van der Waals surface area contributed by atoms with Crippen LogP contribution in [0.4, 0.5) is 5.69 Å².